The molecule has 0 bridgehead atoms. The highest BCUT2D eigenvalue weighted by Gasteiger charge is 2.07. The monoisotopic (exact) mass is 303 g/mol. The molecule has 21 heavy (non-hydrogen) atoms. The van der Waals surface area contributed by atoms with E-state index in [1.165, 1.54) is 12.7 Å². The molecule has 0 N–H and O–H groups in total. The molecule has 0 aliphatic heterocycles. The van der Waals surface area contributed by atoms with Gasteiger partial charge in [-0.25, -0.2) is 4.98 Å². The second-order valence-corrected chi connectivity index (χ2v) is 6.37. The number of rotatable bonds is 6. The van der Waals surface area contributed by atoms with Gasteiger partial charge in [-0.15, -0.1) is 11.3 Å². The highest BCUT2D eigenvalue weighted by atomic mass is 32.1. The van der Waals surface area contributed by atoms with E-state index in [1.807, 2.05) is 5.38 Å². The number of benzene rings is 1. The third kappa shape index (κ3) is 4.67. The van der Waals surface area contributed by atoms with E-state index < -0.39 is 0 Å². The maximum atomic E-state index is 11.1. The van der Waals surface area contributed by atoms with Gasteiger partial charge in [0.2, 0.25) is 0 Å². The Morgan fingerprint density at radius 3 is 2.62 bits per heavy atom. The second-order valence-electron chi connectivity index (χ2n) is 5.52. The van der Waals surface area contributed by atoms with Gasteiger partial charge in [0.15, 0.2) is 0 Å². The number of carbonyl (C=O) groups is 1. The van der Waals surface area contributed by atoms with Crippen LogP contribution in [0, 0.1) is 5.92 Å². The Kier molecular flexibility index (Phi) is 5.51. The minimum Gasteiger partial charge on any atom is -0.469 e. The lowest BCUT2D eigenvalue weighted by Crippen LogP contribution is -2.01. The van der Waals surface area contributed by atoms with Crippen LogP contribution in [-0.2, 0) is 22.4 Å². The molecule has 1 aromatic carbocycles. The first-order valence-corrected chi connectivity index (χ1v) is 8.07. The maximum absolute atomic E-state index is 11.1. The SMILES string of the molecule is COC(=O)CCc1csc(-c2ccc(CC(C)C)cc2)n1. The number of ether oxygens (including phenoxy) is 1. The summed E-state index contributed by atoms with van der Waals surface area (Å²) in [6.45, 7) is 4.45. The minimum atomic E-state index is -0.192. The van der Waals surface area contributed by atoms with Crippen LogP contribution in [0.4, 0.5) is 0 Å². The average molecular weight is 303 g/mol. The van der Waals surface area contributed by atoms with Gasteiger partial charge in [0, 0.05) is 17.4 Å². The molecule has 1 aromatic heterocycles. The molecular weight excluding hydrogens is 282 g/mol. The fraction of sp³-hybridized carbons (Fsp3) is 0.412. The van der Waals surface area contributed by atoms with Gasteiger partial charge in [0.1, 0.15) is 5.01 Å². The summed E-state index contributed by atoms with van der Waals surface area (Å²) in [5.41, 5.74) is 3.44. The lowest BCUT2D eigenvalue weighted by Gasteiger charge is -2.05. The molecule has 0 aliphatic carbocycles. The van der Waals surface area contributed by atoms with Crippen molar-refractivity contribution in [3.05, 3.63) is 40.9 Å². The first-order chi connectivity index (χ1) is 10.1. The lowest BCUT2D eigenvalue weighted by atomic mass is 10.0. The minimum absolute atomic E-state index is 0.192. The number of aromatic nitrogens is 1. The van der Waals surface area contributed by atoms with Crippen LogP contribution in [-0.4, -0.2) is 18.1 Å². The first-order valence-electron chi connectivity index (χ1n) is 7.19. The summed E-state index contributed by atoms with van der Waals surface area (Å²) in [5.74, 6) is 0.475. The van der Waals surface area contributed by atoms with Crippen LogP contribution in [0.5, 0.6) is 0 Å². The van der Waals surface area contributed by atoms with E-state index in [0.29, 0.717) is 18.8 Å². The van der Waals surface area contributed by atoms with Crippen LogP contribution >= 0.6 is 11.3 Å². The number of hydrogen-bond acceptors (Lipinski definition) is 4. The number of hydrogen-bond donors (Lipinski definition) is 0. The summed E-state index contributed by atoms with van der Waals surface area (Å²) in [4.78, 5) is 15.7. The Labute approximate surface area is 130 Å². The van der Waals surface area contributed by atoms with E-state index in [9.17, 15) is 4.79 Å². The van der Waals surface area contributed by atoms with Crippen molar-refractivity contribution in [2.45, 2.75) is 33.1 Å². The van der Waals surface area contributed by atoms with Gasteiger partial charge in [0.05, 0.1) is 19.2 Å². The van der Waals surface area contributed by atoms with Crippen molar-refractivity contribution < 1.29 is 9.53 Å². The zero-order valence-corrected chi connectivity index (χ0v) is 13.6. The van der Waals surface area contributed by atoms with Gasteiger partial charge in [-0.3, -0.25) is 4.79 Å². The van der Waals surface area contributed by atoms with Crippen molar-refractivity contribution in [3.63, 3.8) is 0 Å². The summed E-state index contributed by atoms with van der Waals surface area (Å²) in [7, 11) is 1.41. The predicted molar refractivity (Wildman–Crippen MR) is 86.4 cm³/mol. The van der Waals surface area contributed by atoms with Gasteiger partial charge in [-0.1, -0.05) is 38.1 Å². The van der Waals surface area contributed by atoms with Gasteiger partial charge >= 0.3 is 5.97 Å². The van der Waals surface area contributed by atoms with Gasteiger partial charge in [-0.2, -0.15) is 0 Å². The summed E-state index contributed by atoms with van der Waals surface area (Å²) in [6, 6.07) is 8.59. The highest BCUT2D eigenvalue weighted by molar-refractivity contribution is 7.13. The quantitative estimate of drug-likeness (QED) is 0.754. The molecule has 0 unspecified atom stereocenters. The Balaban J connectivity index is 2.02. The molecule has 2 aromatic rings. The fourth-order valence-electron chi connectivity index (χ4n) is 2.14. The van der Waals surface area contributed by atoms with Crippen LogP contribution in [0.25, 0.3) is 10.6 Å². The third-order valence-electron chi connectivity index (χ3n) is 3.21. The van der Waals surface area contributed by atoms with Crippen molar-refractivity contribution >= 4 is 17.3 Å². The summed E-state index contributed by atoms with van der Waals surface area (Å²) in [6.07, 6.45) is 2.12. The topological polar surface area (TPSA) is 39.2 Å². The van der Waals surface area contributed by atoms with Crippen LogP contribution in [0.3, 0.4) is 0 Å². The van der Waals surface area contributed by atoms with Crippen molar-refractivity contribution in [2.75, 3.05) is 7.11 Å². The van der Waals surface area contributed by atoms with E-state index in [1.54, 1.807) is 11.3 Å². The number of aryl methyl sites for hydroxylation is 1. The van der Waals surface area contributed by atoms with Crippen LogP contribution in [0.2, 0.25) is 0 Å². The first kappa shape index (κ1) is 15.7. The smallest absolute Gasteiger partial charge is 0.305 e. The highest BCUT2D eigenvalue weighted by Crippen LogP contribution is 2.25. The molecule has 0 aliphatic rings. The molecule has 0 saturated carbocycles. The van der Waals surface area contributed by atoms with Crippen LogP contribution in [0.1, 0.15) is 31.5 Å². The number of methoxy groups -OCH3 is 1. The third-order valence-corrected chi connectivity index (χ3v) is 4.15. The Hall–Kier alpha value is -1.68. The fourth-order valence-corrected chi connectivity index (χ4v) is 3.00. The molecule has 2 rings (SSSR count). The molecule has 0 radical (unpaired) electrons. The molecule has 0 atom stereocenters. The molecule has 0 amide bonds. The Morgan fingerprint density at radius 2 is 2.00 bits per heavy atom. The lowest BCUT2D eigenvalue weighted by molar-refractivity contribution is -0.140. The Bertz CT molecular complexity index is 587. The van der Waals surface area contributed by atoms with Crippen molar-refractivity contribution in [1.82, 2.24) is 4.98 Å². The summed E-state index contributed by atoms with van der Waals surface area (Å²) >= 11 is 1.62. The molecule has 0 fully saturated rings. The van der Waals surface area contributed by atoms with Gasteiger partial charge in [-0.05, 0) is 17.9 Å². The van der Waals surface area contributed by atoms with Crippen molar-refractivity contribution in [1.29, 1.82) is 0 Å². The molecule has 0 saturated heterocycles. The standard InChI is InChI=1S/C17H21NO2S/c1-12(2)10-13-4-6-14(7-5-13)17-18-15(11-21-17)8-9-16(19)20-3/h4-7,11-12H,8-10H2,1-3H3. The van der Waals surface area contributed by atoms with Crippen molar-refractivity contribution in [3.8, 4) is 10.6 Å². The normalized spacial score (nSPS) is 10.9. The average Bonchev–Trinajstić information content (AvgIpc) is 2.94. The summed E-state index contributed by atoms with van der Waals surface area (Å²) < 4.78 is 4.64. The maximum Gasteiger partial charge on any atom is 0.305 e. The molecule has 4 heteroatoms. The summed E-state index contributed by atoms with van der Waals surface area (Å²) in [5, 5.41) is 3.02. The second kappa shape index (κ2) is 7.36. The van der Waals surface area contributed by atoms with Crippen molar-refractivity contribution in [2.24, 2.45) is 5.92 Å². The molecule has 112 valence electrons. The largest absolute Gasteiger partial charge is 0.469 e. The van der Waals surface area contributed by atoms with Crippen LogP contribution < -0.4 is 0 Å². The van der Waals surface area contributed by atoms with E-state index in [2.05, 4.69) is 47.8 Å². The number of thiazole rings is 1. The molecular formula is C17H21NO2S. The van der Waals surface area contributed by atoms with Gasteiger partial charge in [0.25, 0.3) is 0 Å². The van der Waals surface area contributed by atoms with Crippen LogP contribution in [0.15, 0.2) is 29.6 Å². The van der Waals surface area contributed by atoms with E-state index in [-0.39, 0.29) is 5.97 Å². The zero-order chi connectivity index (χ0) is 15.2. The van der Waals surface area contributed by atoms with E-state index in [4.69, 9.17) is 0 Å². The van der Waals surface area contributed by atoms with E-state index >= 15 is 0 Å². The van der Waals surface area contributed by atoms with E-state index in [0.717, 1.165) is 22.7 Å². The Morgan fingerprint density at radius 1 is 1.29 bits per heavy atom. The van der Waals surface area contributed by atoms with Gasteiger partial charge < -0.3 is 4.74 Å². The molecule has 3 nitrogen and oxygen atoms in total. The molecule has 0 spiro atoms. The number of esters is 1. The molecule has 1 heterocycles. The number of carbonyl (C=O) groups excluding carboxylic acids is 1. The zero-order valence-electron chi connectivity index (χ0n) is 12.8. The number of nitrogens with zero attached hydrogens (tertiary/aromatic N) is 1. The predicted octanol–water partition coefficient (Wildman–Crippen LogP) is 4.11.